The van der Waals surface area contributed by atoms with Gasteiger partial charge in [-0.15, -0.1) is 0 Å². The summed E-state index contributed by atoms with van der Waals surface area (Å²) >= 11 is 0. The quantitative estimate of drug-likeness (QED) is 0.549. The second-order valence-electron chi connectivity index (χ2n) is 2.96. The van der Waals surface area contributed by atoms with Crippen molar-refractivity contribution in [2.24, 2.45) is 5.73 Å². The maximum Gasteiger partial charge on any atom is 0.312 e. The van der Waals surface area contributed by atoms with Gasteiger partial charge in [-0.2, -0.15) is 0 Å². The van der Waals surface area contributed by atoms with E-state index in [0.717, 1.165) is 6.42 Å². The fourth-order valence-corrected chi connectivity index (χ4v) is 0.905. The van der Waals surface area contributed by atoms with Gasteiger partial charge in [-0.25, -0.2) is 4.79 Å². The minimum Gasteiger partial charge on any atom is -0.388 e. The molecule has 66 valence electrons. The lowest BCUT2D eigenvalue weighted by atomic mass is 10.0. The Hall–Kier alpha value is -0.770. The summed E-state index contributed by atoms with van der Waals surface area (Å²) in [6.07, 6.45) is 1.54. The molecule has 0 heterocycles. The van der Waals surface area contributed by atoms with Crippen molar-refractivity contribution in [1.29, 1.82) is 0 Å². The molecule has 0 aliphatic carbocycles. The van der Waals surface area contributed by atoms with Crippen LogP contribution in [0.1, 0.15) is 26.7 Å². The van der Waals surface area contributed by atoms with Crippen LogP contribution < -0.4 is 11.1 Å². The second kappa shape index (κ2) is 4.18. The molecule has 4 N–H and O–H groups in total. The molecule has 0 radical (unpaired) electrons. The van der Waals surface area contributed by atoms with Crippen molar-refractivity contribution in [2.75, 3.05) is 6.54 Å². The van der Waals surface area contributed by atoms with E-state index in [9.17, 15) is 9.90 Å². The molecule has 0 fully saturated rings. The first-order valence-corrected chi connectivity index (χ1v) is 3.73. The summed E-state index contributed by atoms with van der Waals surface area (Å²) in [7, 11) is 0. The van der Waals surface area contributed by atoms with Gasteiger partial charge in [-0.05, 0) is 13.3 Å². The number of hydrogen-bond donors (Lipinski definition) is 3. The average molecular weight is 160 g/mol. The molecule has 0 unspecified atom stereocenters. The van der Waals surface area contributed by atoms with E-state index in [1.807, 2.05) is 6.92 Å². The third kappa shape index (κ3) is 5.66. The number of nitrogens with two attached hydrogens (primary N) is 1. The maximum absolute atomic E-state index is 10.3. The SMILES string of the molecule is CCC[C@@](C)(O)CNC(N)=O. The van der Waals surface area contributed by atoms with Crippen LogP contribution in [0.2, 0.25) is 0 Å². The molecule has 0 bridgehead atoms. The Morgan fingerprint density at radius 1 is 1.73 bits per heavy atom. The Morgan fingerprint density at radius 3 is 2.64 bits per heavy atom. The molecule has 4 nitrogen and oxygen atoms in total. The maximum atomic E-state index is 10.3. The van der Waals surface area contributed by atoms with E-state index in [0.29, 0.717) is 6.42 Å². The number of primary amides is 1. The van der Waals surface area contributed by atoms with E-state index in [4.69, 9.17) is 5.73 Å². The number of carbonyl (C=O) groups excluding carboxylic acids is 1. The van der Waals surface area contributed by atoms with Gasteiger partial charge in [0.2, 0.25) is 0 Å². The first-order chi connectivity index (χ1) is 4.98. The van der Waals surface area contributed by atoms with Gasteiger partial charge in [0.05, 0.1) is 5.60 Å². The van der Waals surface area contributed by atoms with Crippen molar-refractivity contribution in [2.45, 2.75) is 32.3 Å². The number of hydrogen-bond acceptors (Lipinski definition) is 2. The molecule has 11 heavy (non-hydrogen) atoms. The third-order valence-corrected chi connectivity index (χ3v) is 1.43. The molecule has 2 amide bonds. The largest absolute Gasteiger partial charge is 0.388 e. The molecule has 0 rings (SSSR count). The third-order valence-electron chi connectivity index (χ3n) is 1.43. The average Bonchev–Trinajstić information content (AvgIpc) is 1.84. The van der Waals surface area contributed by atoms with Crippen LogP contribution in [-0.2, 0) is 0 Å². The second-order valence-corrected chi connectivity index (χ2v) is 2.96. The van der Waals surface area contributed by atoms with Crippen molar-refractivity contribution < 1.29 is 9.90 Å². The molecule has 4 heteroatoms. The molecular formula is C7H16N2O2. The van der Waals surface area contributed by atoms with Crippen LogP contribution in [0.5, 0.6) is 0 Å². The molecule has 0 aromatic heterocycles. The normalized spacial score (nSPS) is 15.5. The molecule has 0 spiro atoms. The van der Waals surface area contributed by atoms with Crippen molar-refractivity contribution >= 4 is 6.03 Å². The van der Waals surface area contributed by atoms with E-state index in [2.05, 4.69) is 5.32 Å². The number of carbonyl (C=O) groups is 1. The van der Waals surface area contributed by atoms with Crippen LogP contribution in [0.4, 0.5) is 4.79 Å². The van der Waals surface area contributed by atoms with Crippen LogP contribution in [0.15, 0.2) is 0 Å². The molecule has 0 saturated heterocycles. The van der Waals surface area contributed by atoms with Crippen molar-refractivity contribution in [1.82, 2.24) is 5.32 Å². The van der Waals surface area contributed by atoms with Crippen LogP contribution in [-0.4, -0.2) is 23.3 Å². The van der Waals surface area contributed by atoms with E-state index in [1.54, 1.807) is 6.92 Å². The van der Waals surface area contributed by atoms with E-state index in [1.165, 1.54) is 0 Å². The highest BCUT2D eigenvalue weighted by molar-refractivity contribution is 5.71. The number of rotatable bonds is 4. The summed E-state index contributed by atoms with van der Waals surface area (Å²) in [5.74, 6) is 0. The lowest BCUT2D eigenvalue weighted by Crippen LogP contribution is -2.42. The van der Waals surface area contributed by atoms with Crippen LogP contribution in [0.25, 0.3) is 0 Å². The van der Waals surface area contributed by atoms with Gasteiger partial charge >= 0.3 is 6.03 Å². The fraction of sp³-hybridized carbons (Fsp3) is 0.857. The Bertz CT molecular complexity index is 134. The first-order valence-electron chi connectivity index (χ1n) is 3.73. The van der Waals surface area contributed by atoms with Crippen LogP contribution in [0.3, 0.4) is 0 Å². The highest BCUT2D eigenvalue weighted by Crippen LogP contribution is 2.09. The zero-order valence-corrected chi connectivity index (χ0v) is 7.05. The molecular weight excluding hydrogens is 144 g/mol. The molecule has 0 aliphatic heterocycles. The van der Waals surface area contributed by atoms with E-state index >= 15 is 0 Å². The van der Waals surface area contributed by atoms with Gasteiger partial charge < -0.3 is 16.2 Å². The Balaban J connectivity index is 3.63. The van der Waals surface area contributed by atoms with Crippen LogP contribution >= 0.6 is 0 Å². The fourth-order valence-electron chi connectivity index (χ4n) is 0.905. The molecule has 0 aromatic rings. The minimum atomic E-state index is -0.830. The predicted molar refractivity (Wildman–Crippen MR) is 43.1 cm³/mol. The standard InChI is InChI=1S/C7H16N2O2/c1-3-4-7(2,11)5-9-6(8)10/h11H,3-5H2,1-2H3,(H3,8,9,10)/t7-/m1/s1. The van der Waals surface area contributed by atoms with Gasteiger partial charge in [0, 0.05) is 6.54 Å². The Labute approximate surface area is 66.8 Å². The number of amides is 2. The minimum absolute atomic E-state index is 0.218. The monoisotopic (exact) mass is 160 g/mol. The lowest BCUT2D eigenvalue weighted by Gasteiger charge is -2.22. The van der Waals surface area contributed by atoms with Gasteiger partial charge in [-0.3, -0.25) is 0 Å². The van der Waals surface area contributed by atoms with Gasteiger partial charge in [0.25, 0.3) is 0 Å². The zero-order valence-electron chi connectivity index (χ0n) is 7.05. The number of urea groups is 1. The van der Waals surface area contributed by atoms with Crippen molar-refractivity contribution in [3.8, 4) is 0 Å². The van der Waals surface area contributed by atoms with Crippen molar-refractivity contribution in [3.05, 3.63) is 0 Å². The van der Waals surface area contributed by atoms with Gasteiger partial charge in [0.15, 0.2) is 0 Å². The summed E-state index contributed by atoms with van der Waals surface area (Å²) < 4.78 is 0. The summed E-state index contributed by atoms with van der Waals surface area (Å²) in [5.41, 5.74) is 4.01. The van der Waals surface area contributed by atoms with Crippen LogP contribution in [0, 0.1) is 0 Å². The lowest BCUT2D eigenvalue weighted by molar-refractivity contribution is 0.0527. The number of nitrogens with one attached hydrogen (secondary N) is 1. The molecule has 0 saturated carbocycles. The highest BCUT2D eigenvalue weighted by atomic mass is 16.3. The number of aliphatic hydroxyl groups is 1. The smallest absolute Gasteiger partial charge is 0.312 e. The van der Waals surface area contributed by atoms with E-state index < -0.39 is 11.6 Å². The summed E-state index contributed by atoms with van der Waals surface area (Å²) in [4.78, 5) is 10.3. The Kier molecular flexibility index (Phi) is 3.89. The first kappa shape index (κ1) is 10.2. The van der Waals surface area contributed by atoms with Crippen molar-refractivity contribution in [3.63, 3.8) is 0 Å². The summed E-state index contributed by atoms with van der Waals surface area (Å²) in [5, 5.41) is 11.9. The predicted octanol–water partition coefficient (Wildman–Crippen LogP) is 0.206. The molecule has 0 aromatic carbocycles. The summed E-state index contributed by atoms with van der Waals surface area (Å²) in [6.45, 7) is 3.86. The molecule has 0 aliphatic rings. The topological polar surface area (TPSA) is 75.3 Å². The summed E-state index contributed by atoms with van der Waals surface area (Å²) in [6, 6.07) is -0.596. The zero-order chi connectivity index (χ0) is 8.91. The highest BCUT2D eigenvalue weighted by Gasteiger charge is 2.18. The van der Waals surface area contributed by atoms with Gasteiger partial charge in [0.1, 0.15) is 0 Å². The molecule has 1 atom stereocenters. The van der Waals surface area contributed by atoms with E-state index in [-0.39, 0.29) is 6.54 Å². The Morgan fingerprint density at radius 2 is 2.27 bits per heavy atom. The van der Waals surface area contributed by atoms with Gasteiger partial charge in [-0.1, -0.05) is 13.3 Å².